The van der Waals surface area contributed by atoms with Crippen molar-refractivity contribution in [3.8, 4) is 5.88 Å². The van der Waals surface area contributed by atoms with Crippen molar-refractivity contribution in [2.75, 3.05) is 0 Å². The highest BCUT2D eigenvalue weighted by Gasteiger charge is 1.84. The van der Waals surface area contributed by atoms with Crippen LogP contribution in [0.4, 0.5) is 0 Å². The molecule has 0 aliphatic rings. The van der Waals surface area contributed by atoms with Gasteiger partial charge in [-0.25, -0.2) is 5.10 Å². The van der Waals surface area contributed by atoms with Crippen LogP contribution in [-0.2, 0) is 0 Å². The van der Waals surface area contributed by atoms with E-state index >= 15 is 0 Å². The van der Waals surface area contributed by atoms with E-state index < -0.39 is 0 Å². The summed E-state index contributed by atoms with van der Waals surface area (Å²) in [6.45, 7) is 0. The quantitative estimate of drug-likeness (QED) is 0.705. The lowest BCUT2D eigenvalue weighted by Gasteiger charge is -1.82. The van der Waals surface area contributed by atoms with E-state index in [9.17, 15) is 0 Å². The van der Waals surface area contributed by atoms with Crippen LogP contribution in [0.3, 0.4) is 0 Å². The predicted molar refractivity (Wildman–Crippen MR) is 33.2 cm³/mol. The Hall–Kier alpha value is -0.260. The molecule has 38 valence electrons. The highest BCUT2D eigenvalue weighted by Crippen LogP contribution is 2.04. The molecular formula is C3H3IN2O. The van der Waals surface area contributed by atoms with E-state index in [0.717, 1.165) is 0 Å². The Morgan fingerprint density at radius 1 is 1.86 bits per heavy atom. The zero-order chi connectivity index (χ0) is 5.11. The Bertz CT molecular complexity index is 127. The van der Waals surface area contributed by atoms with E-state index in [0.29, 0.717) is 5.88 Å². The van der Waals surface area contributed by atoms with Gasteiger partial charge in [-0.05, 0) is 0 Å². The van der Waals surface area contributed by atoms with Gasteiger partial charge < -0.3 is 3.07 Å². The number of rotatable bonds is 1. The number of aromatic amines is 1. The van der Waals surface area contributed by atoms with Gasteiger partial charge in [-0.2, -0.15) is 5.10 Å². The van der Waals surface area contributed by atoms with E-state index in [4.69, 9.17) is 3.07 Å². The van der Waals surface area contributed by atoms with E-state index in [-0.39, 0.29) is 0 Å². The van der Waals surface area contributed by atoms with E-state index in [1.54, 1.807) is 35.3 Å². The molecule has 7 heavy (non-hydrogen) atoms. The predicted octanol–water partition coefficient (Wildman–Crippen LogP) is 1.14. The zero-order valence-electron chi connectivity index (χ0n) is 3.39. The molecule has 0 amide bonds. The molecule has 1 aromatic rings. The fraction of sp³-hybridized carbons (Fsp3) is 0. The van der Waals surface area contributed by atoms with Crippen LogP contribution in [0.2, 0.25) is 0 Å². The molecule has 0 aliphatic carbocycles. The summed E-state index contributed by atoms with van der Waals surface area (Å²) in [4.78, 5) is 0. The summed E-state index contributed by atoms with van der Waals surface area (Å²) in [7, 11) is 0. The minimum Gasteiger partial charge on any atom is -0.409 e. The van der Waals surface area contributed by atoms with E-state index in [1.807, 2.05) is 0 Å². The van der Waals surface area contributed by atoms with Crippen molar-refractivity contribution < 1.29 is 3.07 Å². The van der Waals surface area contributed by atoms with Gasteiger partial charge in [-0.1, -0.05) is 0 Å². The van der Waals surface area contributed by atoms with E-state index in [2.05, 4.69) is 10.2 Å². The first-order valence-corrected chi connectivity index (χ1v) is 2.59. The lowest BCUT2D eigenvalue weighted by molar-refractivity contribution is 0.676. The summed E-state index contributed by atoms with van der Waals surface area (Å²) < 4.78 is 4.71. The molecule has 4 heteroatoms. The molecule has 0 atom stereocenters. The second kappa shape index (κ2) is 2.15. The molecular weight excluding hydrogens is 207 g/mol. The van der Waals surface area contributed by atoms with Crippen molar-refractivity contribution in [1.82, 2.24) is 10.2 Å². The molecule has 0 saturated heterocycles. The van der Waals surface area contributed by atoms with Crippen LogP contribution < -0.4 is 3.07 Å². The van der Waals surface area contributed by atoms with Gasteiger partial charge in [0.1, 0.15) is 0 Å². The van der Waals surface area contributed by atoms with Crippen LogP contribution in [0, 0.1) is 0 Å². The average molecular weight is 210 g/mol. The van der Waals surface area contributed by atoms with Crippen LogP contribution in [0.1, 0.15) is 0 Å². The number of aromatic nitrogens is 2. The number of nitrogens with zero attached hydrogens (tertiary/aromatic N) is 1. The maximum Gasteiger partial charge on any atom is 0.220 e. The van der Waals surface area contributed by atoms with Crippen molar-refractivity contribution >= 4 is 23.0 Å². The molecule has 0 fully saturated rings. The molecule has 0 unspecified atom stereocenters. The number of hydrogen-bond acceptors (Lipinski definition) is 2. The van der Waals surface area contributed by atoms with E-state index in [1.165, 1.54) is 0 Å². The van der Waals surface area contributed by atoms with Crippen LogP contribution in [0.15, 0.2) is 12.3 Å². The third-order valence-electron chi connectivity index (χ3n) is 0.558. The van der Waals surface area contributed by atoms with Crippen molar-refractivity contribution in [2.24, 2.45) is 0 Å². The van der Waals surface area contributed by atoms with Crippen molar-refractivity contribution in [2.45, 2.75) is 0 Å². The standard InChI is InChI=1S/C3H3IN2O/c4-7-3-1-2-5-6-3/h1-2H,(H,5,6). The average Bonchev–Trinajstić information content (AvgIpc) is 2.14. The largest absolute Gasteiger partial charge is 0.409 e. The number of halogens is 1. The third kappa shape index (κ3) is 1.05. The topological polar surface area (TPSA) is 37.9 Å². The Labute approximate surface area is 54.8 Å². The molecule has 0 aliphatic heterocycles. The Kier molecular flexibility index (Phi) is 1.50. The second-order valence-corrected chi connectivity index (χ2v) is 1.44. The van der Waals surface area contributed by atoms with Crippen molar-refractivity contribution in [1.29, 1.82) is 0 Å². The molecule has 1 N–H and O–H groups in total. The molecule has 0 bridgehead atoms. The van der Waals surface area contributed by atoms with Gasteiger partial charge in [-0.15, -0.1) is 0 Å². The van der Waals surface area contributed by atoms with Crippen LogP contribution in [0.25, 0.3) is 0 Å². The number of hydrogen-bond donors (Lipinski definition) is 1. The van der Waals surface area contributed by atoms with Gasteiger partial charge in [0.05, 0.1) is 6.20 Å². The first-order chi connectivity index (χ1) is 3.43. The minimum absolute atomic E-state index is 0.681. The molecule has 1 rings (SSSR count). The van der Waals surface area contributed by atoms with Crippen molar-refractivity contribution in [3.63, 3.8) is 0 Å². The zero-order valence-corrected chi connectivity index (χ0v) is 5.55. The van der Waals surface area contributed by atoms with Gasteiger partial charge in [0.2, 0.25) is 5.88 Å². The number of H-pyrrole nitrogens is 1. The fourth-order valence-corrected chi connectivity index (χ4v) is 0.531. The smallest absolute Gasteiger partial charge is 0.220 e. The SMILES string of the molecule is IOc1ccn[nH]1. The van der Waals surface area contributed by atoms with Gasteiger partial charge in [0.25, 0.3) is 0 Å². The summed E-state index contributed by atoms with van der Waals surface area (Å²) in [6, 6.07) is 1.74. The number of nitrogens with one attached hydrogen (secondary N) is 1. The summed E-state index contributed by atoms with van der Waals surface area (Å²) in [5, 5.41) is 6.25. The monoisotopic (exact) mass is 210 g/mol. The van der Waals surface area contributed by atoms with Crippen LogP contribution in [-0.4, -0.2) is 10.2 Å². The van der Waals surface area contributed by atoms with Gasteiger partial charge >= 0.3 is 0 Å². The highest BCUT2D eigenvalue weighted by atomic mass is 127. The lowest BCUT2D eigenvalue weighted by atomic mass is 10.7. The van der Waals surface area contributed by atoms with Gasteiger partial charge in [0, 0.05) is 6.07 Å². The summed E-state index contributed by atoms with van der Waals surface area (Å²) >= 11 is 1.78. The maximum absolute atomic E-state index is 4.71. The first kappa shape index (κ1) is 4.89. The molecule has 0 spiro atoms. The first-order valence-electron chi connectivity index (χ1n) is 1.71. The van der Waals surface area contributed by atoms with Gasteiger partial charge in [0.15, 0.2) is 23.0 Å². The Morgan fingerprint density at radius 2 is 2.71 bits per heavy atom. The molecule has 0 aromatic carbocycles. The highest BCUT2D eigenvalue weighted by molar-refractivity contribution is 14.1. The maximum atomic E-state index is 4.71. The fourth-order valence-electron chi connectivity index (χ4n) is 0.286. The van der Waals surface area contributed by atoms with Crippen molar-refractivity contribution in [3.05, 3.63) is 12.3 Å². The third-order valence-corrected chi connectivity index (χ3v) is 1.03. The molecule has 0 saturated carbocycles. The summed E-state index contributed by atoms with van der Waals surface area (Å²) in [5.74, 6) is 0.681. The minimum atomic E-state index is 0.681. The lowest BCUT2D eigenvalue weighted by Crippen LogP contribution is -1.70. The van der Waals surface area contributed by atoms with Gasteiger partial charge in [-0.3, -0.25) is 0 Å². The summed E-state index contributed by atoms with van der Waals surface area (Å²) in [5.41, 5.74) is 0. The molecule has 1 heterocycles. The Balaban J connectivity index is 2.76. The normalized spacial score (nSPS) is 8.71. The van der Waals surface area contributed by atoms with Crippen LogP contribution >= 0.6 is 23.0 Å². The molecule has 0 radical (unpaired) electrons. The molecule has 1 aromatic heterocycles. The Morgan fingerprint density at radius 3 is 3.00 bits per heavy atom. The van der Waals surface area contributed by atoms with Crippen LogP contribution in [0.5, 0.6) is 5.88 Å². The summed E-state index contributed by atoms with van der Waals surface area (Å²) in [6.07, 6.45) is 1.63. The molecule has 3 nitrogen and oxygen atoms in total. The second-order valence-electron chi connectivity index (χ2n) is 0.998.